The van der Waals surface area contributed by atoms with E-state index >= 15 is 0 Å². The van der Waals surface area contributed by atoms with Gasteiger partial charge in [0.2, 0.25) is 0 Å². The Kier molecular flexibility index (Phi) is 3.50. The number of rotatable bonds is 3. The SMILES string of the molecule is O=C(NCc1cccnc1)OC(=O)C1CC2C=CC1C2. The van der Waals surface area contributed by atoms with E-state index in [1.807, 2.05) is 6.07 Å². The first-order valence-electron chi connectivity index (χ1n) is 6.79. The number of hydrogen-bond donors (Lipinski definition) is 1. The third kappa shape index (κ3) is 2.71. The minimum Gasteiger partial charge on any atom is -0.376 e. The summed E-state index contributed by atoms with van der Waals surface area (Å²) in [5.74, 6) is 0.161. The summed E-state index contributed by atoms with van der Waals surface area (Å²) in [5, 5.41) is 2.56. The van der Waals surface area contributed by atoms with Crippen LogP contribution < -0.4 is 5.32 Å². The highest BCUT2D eigenvalue weighted by atomic mass is 16.6. The predicted molar refractivity (Wildman–Crippen MR) is 71.4 cm³/mol. The molecule has 0 radical (unpaired) electrons. The van der Waals surface area contributed by atoms with Crippen LogP contribution in [0.15, 0.2) is 36.7 Å². The molecule has 0 spiro atoms. The number of amides is 1. The summed E-state index contributed by atoms with van der Waals surface area (Å²) in [5.41, 5.74) is 0.861. The molecule has 3 atom stereocenters. The van der Waals surface area contributed by atoms with Crippen molar-refractivity contribution in [2.24, 2.45) is 17.8 Å². The number of nitrogens with zero attached hydrogens (tertiary/aromatic N) is 1. The lowest BCUT2D eigenvalue weighted by Crippen LogP contribution is -2.30. The zero-order valence-corrected chi connectivity index (χ0v) is 11.0. The second-order valence-electron chi connectivity index (χ2n) is 5.31. The van der Waals surface area contributed by atoms with Crippen LogP contribution in [0.4, 0.5) is 4.79 Å². The maximum absolute atomic E-state index is 11.9. The molecular weight excluding hydrogens is 256 g/mol. The van der Waals surface area contributed by atoms with Gasteiger partial charge in [0.1, 0.15) is 0 Å². The number of nitrogens with one attached hydrogen (secondary N) is 1. The number of carbonyl (C=O) groups is 2. The molecule has 1 amide bonds. The van der Waals surface area contributed by atoms with E-state index < -0.39 is 12.1 Å². The fourth-order valence-corrected chi connectivity index (χ4v) is 2.93. The van der Waals surface area contributed by atoms with Gasteiger partial charge in [0, 0.05) is 18.9 Å². The first-order valence-corrected chi connectivity index (χ1v) is 6.79. The van der Waals surface area contributed by atoms with Crippen LogP contribution >= 0.6 is 0 Å². The van der Waals surface area contributed by atoms with Crippen molar-refractivity contribution in [1.82, 2.24) is 10.3 Å². The Morgan fingerprint density at radius 2 is 2.25 bits per heavy atom. The lowest BCUT2D eigenvalue weighted by molar-refractivity contribution is -0.142. The molecule has 0 aromatic carbocycles. The van der Waals surface area contributed by atoms with Crippen LogP contribution in [0, 0.1) is 17.8 Å². The van der Waals surface area contributed by atoms with Crippen molar-refractivity contribution >= 4 is 12.1 Å². The number of pyridine rings is 1. The van der Waals surface area contributed by atoms with Gasteiger partial charge in [0.25, 0.3) is 0 Å². The maximum atomic E-state index is 11.9. The van der Waals surface area contributed by atoms with E-state index in [0.717, 1.165) is 18.4 Å². The molecule has 5 nitrogen and oxygen atoms in total. The molecule has 1 heterocycles. The Morgan fingerprint density at radius 3 is 2.90 bits per heavy atom. The van der Waals surface area contributed by atoms with Crippen molar-refractivity contribution in [2.75, 3.05) is 0 Å². The highest BCUT2D eigenvalue weighted by molar-refractivity contribution is 5.86. The summed E-state index contributed by atoms with van der Waals surface area (Å²) >= 11 is 0. The van der Waals surface area contributed by atoms with Crippen LogP contribution in [0.5, 0.6) is 0 Å². The number of aromatic nitrogens is 1. The zero-order chi connectivity index (χ0) is 13.9. The van der Waals surface area contributed by atoms with Crippen LogP contribution in [-0.4, -0.2) is 17.0 Å². The van der Waals surface area contributed by atoms with Gasteiger partial charge >= 0.3 is 12.1 Å². The molecule has 2 aliphatic rings. The van der Waals surface area contributed by atoms with Gasteiger partial charge in [-0.25, -0.2) is 4.79 Å². The first-order chi connectivity index (χ1) is 9.72. The predicted octanol–water partition coefficient (Wildman–Crippen LogP) is 2.05. The van der Waals surface area contributed by atoms with E-state index in [1.54, 1.807) is 18.5 Å². The fourth-order valence-electron chi connectivity index (χ4n) is 2.93. The summed E-state index contributed by atoms with van der Waals surface area (Å²) < 4.78 is 4.87. The van der Waals surface area contributed by atoms with Crippen molar-refractivity contribution < 1.29 is 14.3 Å². The average molecular weight is 272 g/mol. The molecule has 2 bridgehead atoms. The normalized spacial score (nSPS) is 26.5. The Morgan fingerprint density at radius 1 is 1.35 bits per heavy atom. The van der Waals surface area contributed by atoms with Crippen molar-refractivity contribution in [1.29, 1.82) is 0 Å². The zero-order valence-electron chi connectivity index (χ0n) is 11.0. The second-order valence-corrected chi connectivity index (χ2v) is 5.31. The van der Waals surface area contributed by atoms with Gasteiger partial charge in [-0.3, -0.25) is 9.78 Å². The number of carbonyl (C=O) groups excluding carboxylic acids is 2. The quantitative estimate of drug-likeness (QED) is 0.519. The van der Waals surface area contributed by atoms with Crippen LogP contribution in [0.3, 0.4) is 0 Å². The molecular formula is C15H16N2O3. The van der Waals surface area contributed by atoms with Crippen molar-refractivity contribution in [3.8, 4) is 0 Å². The molecule has 3 rings (SSSR count). The van der Waals surface area contributed by atoms with Gasteiger partial charge in [-0.15, -0.1) is 0 Å². The molecule has 1 N–H and O–H groups in total. The maximum Gasteiger partial charge on any atom is 0.415 e. The highest BCUT2D eigenvalue weighted by Gasteiger charge is 2.41. The topological polar surface area (TPSA) is 68.3 Å². The summed E-state index contributed by atoms with van der Waals surface area (Å²) in [6.07, 6.45) is 8.65. The number of fused-ring (bicyclic) bond motifs is 2. The lowest BCUT2D eigenvalue weighted by atomic mass is 9.94. The number of hydrogen-bond acceptors (Lipinski definition) is 4. The standard InChI is InChI=1S/C15H16N2O3/c18-14(13-7-10-3-4-12(13)6-10)20-15(19)17-9-11-2-1-5-16-8-11/h1-5,8,10,12-13H,6-7,9H2,(H,17,19). The van der Waals surface area contributed by atoms with E-state index in [2.05, 4.69) is 22.5 Å². The molecule has 2 aliphatic carbocycles. The molecule has 5 heteroatoms. The molecule has 3 unspecified atom stereocenters. The third-order valence-electron chi connectivity index (χ3n) is 3.93. The molecule has 0 saturated heterocycles. The minimum atomic E-state index is -0.689. The minimum absolute atomic E-state index is 0.158. The molecule has 1 aromatic heterocycles. The Hall–Kier alpha value is -2.17. The van der Waals surface area contributed by atoms with E-state index in [0.29, 0.717) is 12.5 Å². The van der Waals surface area contributed by atoms with Crippen molar-refractivity contribution in [3.05, 3.63) is 42.2 Å². The number of esters is 1. The largest absolute Gasteiger partial charge is 0.415 e. The Bertz CT molecular complexity index is 541. The van der Waals surface area contributed by atoms with E-state index in [4.69, 9.17) is 4.74 Å². The van der Waals surface area contributed by atoms with Gasteiger partial charge in [0.05, 0.1) is 5.92 Å². The molecule has 0 aliphatic heterocycles. The monoisotopic (exact) mass is 272 g/mol. The van der Waals surface area contributed by atoms with Gasteiger partial charge in [0.15, 0.2) is 0 Å². The van der Waals surface area contributed by atoms with Gasteiger partial charge in [-0.2, -0.15) is 0 Å². The fraction of sp³-hybridized carbons (Fsp3) is 0.400. The van der Waals surface area contributed by atoms with Crippen LogP contribution in [0.1, 0.15) is 18.4 Å². The Labute approximate surface area is 117 Å². The molecule has 1 aromatic rings. The summed E-state index contributed by atoms with van der Waals surface area (Å²) in [6, 6.07) is 3.63. The molecule has 104 valence electrons. The Balaban J connectivity index is 1.47. The second kappa shape index (κ2) is 5.45. The summed E-state index contributed by atoms with van der Waals surface area (Å²) in [4.78, 5) is 27.5. The van der Waals surface area contributed by atoms with E-state index in [9.17, 15) is 9.59 Å². The molecule has 20 heavy (non-hydrogen) atoms. The highest BCUT2D eigenvalue weighted by Crippen LogP contribution is 2.43. The van der Waals surface area contributed by atoms with Crippen LogP contribution in [-0.2, 0) is 16.1 Å². The first kappa shape index (κ1) is 12.8. The van der Waals surface area contributed by atoms with Crippen molar-refractivity contribution in [3.63, 3.8) is 0 Å². The van der Waals surface area contributed by atoms with Crippen molar-refractivity contribution in [2.45, 2.75) is 19.4 Å². The molecule has 1 fully saturated rings. The number of alkyl carbamates (subject to hydrolysis) is 1. The average Bonchev–Trinajstić information content (AvgIpc) is 3.09. The lowest BCUT2D eigenvalue weighted by Gasteiger charge is -2.15. The van der Waals surface area contributed by atoms with Gasteiger partial charge in [-0.05, 0) is 36.3 Å². The van der Waals surface area contributed by atoms with E-state index in [-0.39, 0.29) is 11.8 Å². The summed E-state index contributed by atoms with van der Waals surface area (Å²) in [6.45, 7) is 0.302. The van der Waals surface area contributed by atoms with E-state index in [1.165, 1.54) is 0 Å². The molecule has 1 saturated carbocycles. The van der Waals surface area contributed by atoms with Crippen LogP contribution in [0.2, 0.25) is 0 Å². The number of ether oxygens (including phenoxy) is 1. The third-order valence-corrected chi connectivity index (χ3v) is 3.93. The van der Waals surface area contributed by atoms with Gasteiger partial charge < -0.3 is 10.1 Å². The number of allylic oxidation sites excluding steroid dienone is 2. The van der Waals surface area contributed by atoms with Gasteiger partial charge in [-0.1, -0.05) is 18.2 Å². The van der Waals surface area contributed by atoms with Crippen LogP contribution in [0.25, 0.3) is 0 Å². The smallest absolute Gasteiger partial charge is 0.376 e. The summed E-state index contributed by atoms with van der Waals surface area (Å²) in [7, 11) is 0.